The molecule has 2 aliphatic rings. The topological polar surface area (TPSA) is 112 Å². The summed E-state index contributed by atoms with van der Waals surface area (Å²) in [7, 11) is 0. The molecule has 2 aromatic rings. The van der Waals surface area contributed by atoms with E-state index < -0.39 is 22.8 Å². The van der Waals surface area contributed by atoms with E-state index in [4.69, 9.17) is 9.84 Å². The van der Waals surface area contributed by atoms with Gasteiger partial charge in [0.2, 0.25) is 0 Å². The van der Waals surface area contributed by atoms with Crippen molar-refractivity contribution in [2.75, 3.05) is 18.5 Å². The van der Waals surface area contributed by atoms with Crippen LogP contribution < -0.4 is 15.6 Å². The maximum atomic E-state index is 12.0. The number of benzene rings is 1. The van der Waals surface area contributed by atoms with Crippen LogP contribution in [0.15, 0.2) is 16.9 Å². The molecule has 23 heavy (non-hydrogen) atoms. The van der Waals surface area contributed by atoms with E-state index in [0.717, 1.165) is 29.8 Å². The average molecular weight is 314 g/mol. The molecule has 3 heterocycles. The number of rotatable bonds is 1. The van der Waals surface area contributed by atoms with Gasteiger partial charge in [-0.1, -0.05) is 6.07 Å². The van der Waals surface area contributed by atoms with Gasteiger partial charge in [-0.15, -0.1) is 0 Å². The van der Waals surface area contributed by atoms with E-state index in [-0.39, 0.29) is 5.75 Å². The first-order valence-corrected chi connectivity index (χ1v) is 7.32. The number of carboxylic acids is 1. The van der Waals surface area contributed by atoms with Crippen LogP contribution in [0.2, 0.25) is 0 Å². The van der Waals surface area contributed by atoms with Crippen LogP contribution in [0.3, 0.4) is 0 Å². The lowest BCUT2D eigenvalue weighted by molar-refractivity contribution is 0.0690. The minimum atomic E-state index is -1.49. The lowest BCUT2D eigenvalue weighted by atomic mass is 9.94. The fourth-order valence-corrected chi connectivity index (χ4v) is 3.34. The number of aromatic carboxylic acids is 1. The van der Waals surface area contributed by atoms with Crippen LogP contribution in [0.4, 0.5) is 5.69 Å². The number of carbonyl (C=O) groups is 1. The molecule has 4 N–H and O–H groups in total. The van der Waals surface area contributed by atoms with Crippen molar-refractivity contribution < 1.29 is 19.7 Å². The summed E-state index contributed by atoms with van der Waals surface area (Å²) in [6.45, 7) is 1.16. The van der Waals surface area contributed by atoms with E-state index in [1.54, 1.807) is 0 Å². The van der Waals surface area contributed by atoms with E-state index >= 15 is 0 Å². The van der Waals surface area contributed by atoms with E-state index in [9.17, 15) is 14.7 Å². The molecule has 0 radical (unpaired) electrons. The number of fused-ring (bicyclic) bond motifs is 5. The Balaban J connectivity index is 2.03. The first-order valence-electron chi connectivity index (χ1n) is 7.32. The molecule has 118 valence electrons. The Hall–Kier alpha value is -2.96. The number of aromatic nitrogens is 1. The predicted octanol–water partition coefficient (Wildman–Crippen LogP) is 1.35. The van der Waals surface area contributed by atoms with Crippen molar-refractivity contribution in [2.24, 2.45) is 0 Å². The Labute approximate surface area is 130 Å². The smallest absolute Gasteiger partial charge is 0.345 e. The van der Waals surface area contributed by atoms with Crippen molar-refractivity contribution >= 4 is 11.7 Å². The van der Waals surface area contributed by atoms with Gasteiger partial charge in [0.25, 0.3) is 5.56 Å². The Morgan fingerprint density at radius 2 is 2.04 bits per heavy atom. The van der Waals surface area contributed by atoms with E-state index in [0.29, 0.717) is 18.7 Å². The third-order valence-electron chi connectivity index (χ3n) is 4.35. The second-order valence-electron chi connectivity index (χ2n) is 5.58. The number of pyridine rings is 1. The zero-order chi connectivity index (χ0) is 16.1. The summed E-state index contributed by atoms with van der Waals surface area (Å²) >= 11 is 0. The van der Waals surface area contributed by atoms with Crippen molar-refractivity contribution in [1.29, 1.82) is 0 Å². The van der Waals surface area contributed by atoms with Crippen LogP contribution in [-0.2, 0) is 12.8 Å². The molecule has 0 amide bonds. The van der Waals surface area contributed by atoms with Gasteiger partial charge in [-0.25, -0.2) is 4.79 Å². The van der Waals surface area contributed by atoms with Gasteiger partial charge in [0, 0.05) is 24.2 Å². The maximum absolute atomic E-state index is 12.0. The zero-order valence-corrected chi connectivity index (χ0v) is 12.1. The molecule has 0 fully saturated rings. The standard InChI is InChI=1S/C16H14N2O5/c19-13-11(16(21)22)15(20)18-12-9-1-2-10-8(3-5-17-10)7(9)4-6-23-14(12)13/h1-2,17H,3-6H2,(H,21,22)(H2,18,19,20). The van der Waals surface area contributed by atoms with E-state index in [1.165, 1.54) is 5.56 Å². The molecule has 0 saturated carbocycles. The molecule has 1 aromatic heterocycles. The van der Waals surface area contributed by atoms with Crippen molar-refractivity contribution in [3.8, 4) is 22.8 Å². The van der Waals surface area contributed by atoms with Crippen LogP contribution in [0, 0.1) is 0 Å². The van der Waals surface area contributed by atoms with E-state index in [1.807, 2.05) is 12.1 Å². The van der Waals surface area contributed by atoms with Crippen LogP contribution in [0.25, 0.3) is 11.3 Å². The summed E-state index contributed by atoms with van der Waals surface area (Å²) in [6, 6.07) is 3.78. The van der Waals surface area contributed by atoms with Crippen molar-refractivity contribution in [2.45, 2.75) is 12.8 Å². The first kappa shape index (κ1) is 13.7. The van der Waals surface area contributed by atoms with E-state index in [2.05, 4.69) is 10.3 Å². The lowest BCUT2D eigenvalue weighted by Gasteiger charge is -2.13. The van der Waals surface area contributed by atoms with Crippen LogP contribution >= 0.6 is 0 Å². The molecular weight excluding hydrogens is 300 g/mol. The molecule has 0 saturated heterocycles. The van der Waals surface area contributed by atoms with Crippen molar-refractivity contribution in [1.82, 2.24) is 4.98 Å². The number of anilines is 1. The number of nitrogens with one attached hydrogen (secondary N) is 2. The Morgan fingerprint density at radius 3 is 2.83 bits per heavy atom. The minimum Gasteiger partial charge on any atom is -0.503 e. The minimum absolute atomic E-state index is 0.0201. The third kappa shape index (κ3) is 1.89. The molecule has 7 nitrogen and oxygen atoms in total. The number of ether oxygens (including phenoxy) is 1. The average Bonchev–Trinajstić information content (AvgIpc) is 2.90. The zero-order valence-electron chi connectivity index (χ0n) is 12.1. The molecule has 0 atom stereocenters. The van der Waals surface area contributed by atoms with Crippen LogP contribution in [0.5, 0.6) is 11.5 Å². The normalized spacial score (nSPS) is 14.8. The number of H-pyrrole nitrogens is 1. The second kappa shape index (κ2) is 4.77. The number of carboxylic acid groups (broad SMARTS) is 1. The number of aromatic amines is 1. The van der Waals surface area contributed by atoms with Gasteiger partial charge >= 0.3 is 5.97 Å². The number of hydrogen-bond donors (Lipinski definition) is 4. The SMILES string of the molecule is O=C(O)c1c(O)c2c([nH]c1=O)-c1ccc3c(c1CCO2)CCN3. The summed E-state index contributed by atoms with van der Waals surface area (Å²) in [5.74, 6) is -2.09. The van der Waals surface area contributed by atoms with Gasteiger partial charge in [0.1, 0.15) is 0 Å². The molecule has 7 heteroatoms. The van der Waals surface area contributed by atoms with Crippen LogP contribution in [-0.4, -0.2) is 34.3 Å². The monoisotopic (exact) mass is 314 g/mol. The summed E-state index contributed by atoms with van der Waals surface area (Å²) in [6.07, 6.45) is 1.51. The molecule has 0 aliphatic carbocycles. The molecule has 2 aliphatic heterocycles. The Morgan fingerprint density at radius 1 is 1.22 bits per heavy atom. The first-order chi connectivity index (χ1) is 11.1. The maximum Gasteiger partial charge on any atom is 0.345 e. The molecule has 0 spiro atoms. The van der Waals surface area contributed by atoms with Gasteiger partial charge in [-0.2, -0.15) is 0 Å². The molecule has 1 aromatic carbocycles. The fourth-order valence-electron chi connectivity index (χ4n) is 3.34. The summed E-state index contributed by atoms with van der Waals surface area (Å²) in [5, 5.41) is 22.6. The summed E-state index contributed by atoms with van der Waals surface area (Å²) in [5.41, 5.74) is 2.87. The van der Waals surface area contributed by atoms with Gasteiger partial charge in [0.05, 0.1) is 12.3 Å². The van der Waals surface area contributed by atoms with Gasteiger partial charge in [-0.3, -0.25) is 4.79 Å². The van der Waals surface area contributed by atoms with Crippen molar-refractivity contribution in [3.05, 3.63) is 39.2 Å². The highest BCUT2D eigenvalue weighted by atomic mass is 16.5. The highest BCUT2D eigenvalue weighted by molar-refractivity contribution is 5.93. The van der Waals surface area contributed by atoms with Crippen molar-refractivity contribution in [3.63, 3.8) is 0 Å². The molecule has 0 unspecified atom stereocenters. The van der Waals surface area contributed by atoms with Gasteiger partial charge in [0.15, 0.2) is 17.1 Å². The van der Waals surface area contributed by atoms with Gasteiger partial charge < -0.3 is 25.3 Å². The number of hydrogen-bond acceptors (Lipinski definition) is 5. The predicted molar refractivity (Wildman–Crippen MR) is 82.5 cm³/mol. The Kier molecular flexibility index (Phi) is 2.84. The summed E-state index contributed by atoms with van der Waals surface area (Å²) in [4.78, 5) is 25.8. The quantitative estimate of drug-likeness (QED) is 0.632. The second-order valence-corrected chi connectivity index (χ2v) is 5.58. The summed E-state index contributed by atoms with van der Waals surface area (Å²) < 4.78 is 5.56. The van der Waals surface area contributed by atoms with Gasteiger partial charge in [-0.05, 0) is 23.6 Å². The molecular formula is C16H14N2O5. The lowest BCUT2D eigenvalue weighted by Crippen LogP contribution is -2.19. The largest absolute Gasteiger partial charge is 0.503 e. The van der Waals surface area contributed by atoms with Crippen LogP contribution in [0.1, 0.15) is 21.5 Å². The highest BCUT2D eigenvalue weighted by Crippen LogP contribution is 2.43. The highest BCUT2D eigenvalue weighted by Gasteiger charge is 2.28. The Bertz CT molecular complexity index is 900. The fraction of sp³-hybridized carbons (Fsp3) is 0.250. The third-order valence-corrected chi connectivity index (χ3v) is 4.35. The molecule has 4 rings (SSSR count). The molecule has 0 bridgehead atoms. The number of aromatic hydroxyl groups is 1.